The fourth-order valence-electron chi connectivity index (χ4n) is 2.01. The number of aliphatic hydroxyl groups excluding tert-OH is 1. The zero-order chi connectivity index (χ0) is 13.0. The van der Waals surface area contributed by atoms with E-state index in [1.54, 1.807) is 18.2 Å². The second-order valence-electron chi connectivity index (χ2n) is 4.38. The SMILES string of the molecule is CCCCCN=CC1=C(O)c2ccccc2C1=O. The Bertz CT molecular complexity index is 515. The van der Waals surface area contributed by atoms with Gasteiger partial charge in [0.2, 0.25) is 0 Å². The smallest absolute Gasteiger partial charge is 0.199 e. The van der Waals surface area contributed by atoms with Crippen molar-refractivity contribution in [1.29, 1.82) is 0 Å². The normalized spacial score (nSPS) is 14.6. The highest BCUT2D eigenvalue weighted by Crippen LogP contribution is 2.29. The van der Waals surface area contributed by atoms with E-state index < -0.39 is 0 Å². The number of rotatable bonds is 5. The third kappa shape index (κ3) is 2.35. The minimum atomic E-state index is -0.137. The molecule has 1 aromatic carbocycles. The van der Waals surface area contributed by atoms with Crippen molar-refractivity contribution < 1.29 is 9.90 Å². The molecule has 0 unspecified atom stereocenters. The molecule has 1 aromatic rings. The lowest BCUT2D eigenvalue weighted by molar-refractivity contribution is 0.104. The van der Waals surface area contributed by atoms with E-state index in [1.807, 2.05) is 6.07 Å². The minimum absolute atomic E-state index is 0.0508. The summed E-state index contributed by atoms with van der Waals surface area (Å²) >= 11 is 0. The lowest BCUT2D eigenvalue weighted by Gasteiger charge is -1.95. The summed E-state index contributed by atoms with van der Waals surface area (Å²) in [5, 5.41) is 9.98. The van der Waals surface area contributed by atoms with Crippen LogP contribution >= 0.6 is 0 Å². The van der Waals surface area contributed by atoms with Gasteiger partial charge in [-0.05, 0) is 6.42 Å². The molecule has 3 nitrogen and oxygen atoms in total. The molecule has 3 heteroatoms. The molecular weight excluding hydrogens is 226 g/mol. The largest absolute Gasteiger partial charge is 0.506 e. The van der Waals surface area contributed by atoms with Crippen LogP contribution < -0.4 is 0 Å². The Labute approximate surface area is 107 Å². The standard InChI is InChI=1S/C15H17NO2/c1-2-3-6-9-16-10-13-14(17)11-7-4-5-8-12(11)15(13)18/h4-5,7-8,10,17H,2-3,6,9H2,1H3. The average molecular weight is 243 g/mol. The molecule has 0 amide bonds. The number of ketones is 1. The molecule has 18 heavy (non-hydrogen) atoms. The molecule has 1 N–H and O–H groups in total. The van der Waals surface area contributed by atoms with E-state index in [4.69, 9.17) is 0 Å². The van der Waals surface area contributed by atoms with Gasteiger partial charge in [-0.25, -0.2) is 0 Å². The fourth-order valence-corrected chi connectivity index (χ4v) is 2.01. The second kappa shape index (κ2) is 5.63. The summed E-state index contributed by atoms with van der Waals surface area (Å²) in [6.45, 7) is 2.84. The van der Waals surface area contributed by atoms with Crippen LogP contribution in [-0.4, -0.2) is 23.6 Å². The highest BCUT2D eigenvalue weighted by Gasteiger charge is 2.27. The number of aliphatic hydroxyl groups is 1. The highest BCUT2D eigenvalue weighted by molar-refractivity contribution is 6.30. The number of benzene rings is 1. The van der Waals surface area contributed by atoms with Crippen LogP contribution in [0.5, 0.6) is 0 Å². The van der Waals surface area contributed by atoms with Crippen LogP contribution in [0.1, 0.15) is 42.1 Å². The Hall–Kier alpha value is -1.90. The van der Waals surface area contributed by atoms with Crippen molar-refractivity contribution in [3.63, 3.8) is 0 Å². The zero-order valence-corrected chi connectivity index (χ0v) is 10.5. The number of Topliss-reactive ketones (excluding diaryl/α,β-unsaturated/α-hetero) is 1. The number of hydrogen-bond donors (Lipinski definition) is 1. The van der Waals surface area contributed by atoms with Crippen molar-refractivity contribution in [2.24, 2.45) is 4.99 Å². The van der Waals surface area contributed by atoms with Gasteiger partial charge in [-0.1, -0.05) is 44.0 Å². The molecule has 1 aliphatic carbocycles. The molecule has 0 heterocycles. The highest BCUT2D eigenvalue weighted by atomic mass is 16.3. The van der Waals surface area contributed by atoms with Gasteiger partial charge in [0, 0.05) is 23.9 Å². The molecule has 0 fully saturated rings. The maximum Gasteiger partial charge on any atom is 0.199 e. The third-order valence-corrected chi connectivity index (χ3v) is 3.04. The van der Waals surface area contributed by atoms with Gasteiger partial charge in [-0.3, -0.25) is 9.79 Å². The van der Waals surface area contributed by atoms with E-state index in [9.17, 15) is 9.90 Å². The molecule has 0 saturated carbocycles. The van der Waals surface area contributed by atoms with Gasteiger partial charge < -0.3 is 5.11 Å². The van der Waals surface area contributed by atoms with Crippen LogP contribution in [0.4, 0.5) is 0 Å². The van der Waals surface area contributed by atoms with Crippen molar-refractivity contribution in [2.45, 2.75) is 26.2 Å². The van der Waals surface area contributed by atoms with Crippen LogP contribution in [0.15, 0.2) is 34.8 Å². The van der Waals surface area contributed by atoms with Crippen LogP contribution in [0, 0.1) is 0 Å². The number of carbonyl (C=O) groups is 1. The molecule has 0 atom stereocenters. The predicted octanol–water partition coefficient (Wildman–Crippen LogP) is 3.41. The number of unbranched alkanes of at least 4 members (excludes halogenated alkanes) is 2. The first-order valence-electron chi connectivity index (χ1n) is 6.33. The number of hydrogen-bond acceptors (Lipinski definition) is 3. The summed E-state index contributed by atoms with van der Waals surface area (Å²) < 4.78 is 0. The van der Waals surface area contributed by atoms with Gasteiger partial charge >= 0.3 is 0 Å². The molecule has 0 saturated heterocycles. The second-order valence-corrected chi connectivity index (χ2v) is 4.38. The van der Waals surface area contributed by atoms with Crippen molar-refractivity contribution in [2.75, 3.05) is 6.54 Å². The molecule has 94 valence electrons. The summed E-state index contributed by atoms with van der Waals surface area (Å²) in [5.74, 6) is -0.0859. The molecule has 0 aromatic heterocycles. The summed E-state index contributed by atoms with van der Waals surface area (Å²) in [5.41, 5.74) is 1.48. The monoisotopic (exact) mass is 243 g/mol. The lowest BCUT2D eigenvalue weighted by Crippen LogP contribution is -2.00. The van der Waals surface area contributed by atoms with E-state index in [2.05, 4.69) is 11.9 Å². The Morgan fingerprint density at radius 2 is 1.94 bits per heavy atom. The first kappa shape index (κ1) is 12.6. The summed E-state index contributed by atoms with van der Waals surface area (Å²) in [6.07, 6.45) is 4.81. The Kier molecular flexibility index (Phi) is 3.92. The Balaban J connectivity index is 2.11. The summed E-state index contributed by atoms with van der Waals surface area (Å²) in [6, 6.07) is 7.08. The van der Waals surface area contributed by atoms with Crippen molar-refractivity contribution in [3.05, 3.63) is 41.0 Å². The summed E-state index contributed by atoms with van der Waals surface area (Å²) in [4.78, 5) is 16.2. The topological polar surface area (TPSA) is 49.7 Å². The molecule has 1 aliphatic rings. The van der Waals surface area contributed by atoms with E-state index >= 15 is 0 Å². The van der Waals surface area contributed by atoms with Crippen LogP contribution in [0.3, 0.4) is 0 Å². The molecule has 0 spiro atoms. The van der Waals surface area contributed by atoms with Gasteiger partial charge in [-0.15, -0.1) is 0 Å². The zero-order valence-electron chi connectivity index (χ0n) is 10.5. The van der Waals surface area contributed by atoms with Crippen molar-refractivity contribution in [1.82, 2.24) is 0 Å². The Morgan fingerprint density at radius 1 is 1.22 bits per heavy atom. The van der Waals surface area contributed by atoms with Gasteiger partial charge in [0.25, 0.3) is 0 Å². The number of aliphatic imine (C=N–C) groups is 1. The molecule has 2 rings (SSSR count). The number of nitrogens with zero attached hydrogens (tertiary/aromatic N) is 1. The van der Waals surface area contributed by atoms with Gasteiger partial charge in [0.1, 0.15) is 5.76 Å². The number of fused-ring (bicyclic) bond motifs is 1. The number of carbonyl (C=O) groups excluding carboxylic acids is 1. The first-order valence-corrected chi connectivity index (χ1v) is 6.33. The van der Waals surface area contributed by atoms with E-state index in [0.29, 0.717) is 23.2 Å². The van der Waals surface area contributed by atoms with Crippen molar-refractivity contribution in [3.8, 4) is 0 Å². The fraction of sp³-hybridized carbons (Fsp3) is 0.333. The van der Waals surface area contributed by atoms with Crippen molar-refractivity contribution >= 4 is 17.8 Å². The predicted molar refractivity (Wildman–Crippen MR) is 73.2 cm³/mol. The van der Waals surface area contributed by atoms with E-state index in [-0.39, 0.29) is 11.5 Å². The molecule has 0 aliphatic heterocycles. The molecule has 0 bridgehead atoms. The van der Waals surface area contributed by atoms with Crippen LogP contribution in [0.2, 0.25) is 0 Å². The average Bonchev–Trinajstić information content (AvgIpc) is 2.64. The maximum absolute atomic E-state index is 12.0. The van der Waals surface area contributed by atoms with Crippen LogP contribution in [0.25, 0.3) is 5.76 Å². The quantitative estimate of drug-likeness (QED) is 0.636. The van der Waals surface area contributed by atoms with E-state index in [1.165, 1.54) is 6.21 Å². The number of allylic oxidation sites excluding steroid dienone is 1. The minimum Gasteiger partial charge on any atom is -0.506 e. The Morgan fingerprint density at radius 3 is 2.61 bits per heavy atom. The van der Waals surface area contributed by atoms with Gasteiger partial charge in [0.15, 0.2) is 5.78 Å². The molecule has 0 radical (unpaired) electrons. The first-order chi connectivity index (χ1) is 8.75. The lowest BCUT2D eigenvalue weighted by atomic mass is 10.1. The van der Waals surface area contributed by atoms with E-state index in [0.717, 1.165) is 19.3 Å². The maximum atomic E-state index is 12.0. The van der Waals surface area contributed by atoms with Gasteiger partial charge in [0.05, 0.1) is 5.57 Å². The summed E-state index contributed by atoms with van der Waals surface area (Å²) in [7, 11) is 0. The van der Waals surface area contributed by atoms with Crippen LogP contribution in [-0.2, 0) is 0 Å². The third-order valence-electron chi connectivity index (χ3n) is 3.04. The molecular formula is C15H17NO2. The van der Waals surface area contributed by atoms with Gasteiger partial charge in [-0.2, -0.15) is 0 Å².